The molecule has 0 aromatic heterocycles. The Kier molecular flexibility index (Phi) is 7.56. The van der Waals surface area contributed by atoms with Crippen molar-refractivity contribution in [2.75, 3.05) is 19.6 Å². The number of rotatable bonds is 6. The summed E-state index contributed by atoms with van der Waals surface area (Å²) in [6, 6.07) is 14.9. The zero-order valence-corrected chi connectivity index (χ0v) is 19.4. The van der Waals surface area contributed by atoms with Crippen LogP contribution in [0.15, 0.2) is 54.6 Å². The minimum absolute atomic E-state index is 0.00112. The van der Waals surface area contributed by atoms with Crippen LogP contribution in [0.4, 0.5) is 8.78 Å². The van der Waals surface area contributed by atoms with E-state index in [1.54, 1.807) is 12.1 Å². The maximum atomic E-state index is 13.6. The summed E-state index contributed by atoms with van der Waals surface area (Å²) in [7, 11) is 0. The number of halogens is 3. The van der Waals surface area contributed by atoms with Gasteiger partial charge in [-0.1, -0.05) is 68.8 Å². The van der Waals surface area contributed by atoms with Crippen molar-refractivity contribution in [2.24, 2.45) is 0 Å². The van der Waals surface area contributed by atoms with E-state index in [2.05, 4.69) is 25.7 Å². The summed E-state index contributed by atoms with van der Waals surface area (Å²) in [5.74, 6) is 0. The average molecular weight is 448 g/mol. The van der Waals surface area contributed by atoms with Crippen molar-refractivity contribution in [3.8, 4) is 0 Å². The molecular weight excluding hydrogens is 416 g/mol. The summed E-state index contributed by atoms with van der Waals surface area (Å²) < 4.78 is 27.3. The fraction of sp³-hybridized carbons (Fsp3) is 0.462. The number of nitrogens with zero attached hydrogens (tertiary/aromatic N) is 1. The summed E-state index contributed by atoms with van der Waals surface area (Å²) in [6.45, 7) is 8.57. The molecule has 1 fully saturated rings. The molecule has 168 valence electrons. The lowest BCUT2D eigenvalue weighted by Gasteiger charge is -2.38. The number of piperidine rings is 1. The third-order valence-electron chi connectivity index (χ3n) is 6.29. The van der Waals surface area contributed by atoms with Crippen molar-refractivity contribution in [3.63, 3.8) is 0 Å². The minimum Gasteiger partial charge on any atom is -0.385 e. The molecule has 1 aliphatic heterocycles. The van der Waals surface area contributed by atoms with Gasteiger partial charge in [-0.05, 0) is 66.5 Å². The smallest absolute Gasteiger partial charge is 0.274 e. The van der Waals surface area contributed by atoms with Gasteiger partial charge in [0, 0.05) is 23.7 Å². The molecule has 0 saturated carbocycles. The Bertz CT molecular complexity index is 888. The summed E-state index contributed by atoms with van der Waals surface area (Å²) in [5, 5.41) is 11.6. The van der Waals surface area contributed by atoms with E-state index in [4.69, 9.17) is 11.6 Å². The normalized spacial score (nSPS) is 16.9. The van der Waals surface area contributed by atoms with E-state index in [0.717, 1.165) is 30.8 Å². The third-order valence-corrected chi connectivity index (χ3v) is 6.55. The van der Waals surface area contributed by atoms with Crippen LogP contribution < -0.4 is 0 Å². The molecule has 0 bridgehead atoms. The number of hydrogen-bond donors (Lipinski definition) is 1. The Morgan fingerprint density at radius 3 is 2.10 bits per heavy atom. The van der Waals surface area contributed by atoms with Crippen molar-refractivity contribution in [1.82, 2.24) is 4.90 Å². The molecule has 3 rings (SSSR count). The second-order valence-corrected chi connectivity index (χ2v) is 9.99. The molecule has 1 aliphatic rings. The van der Waals surface area contributed by atoms with Gasteiger partial charge in [-0.25, -0.2) is 0 Å². The molecule has 2 nitrogen and oxygen atoms in total. The molecule has 0 unspecified atom stereocenters. The Hall–Kier alpha value is -1.75. The summed E-state index contributed by atoms with van der Waals surface area (Å²) in [6.07, 6.45) is 0.660. The molecule has 0 radical (unpaired) electrons. The highest BCUT2D eigenvalue weighted by Gasteiger charge is 2.33. The number of likely N-dealkylation sites (tertiary alicyclic amines) is 1. The number of allylic oxidation sites excluding steroid dienone is 1. The Morgan fingerprint density at radius 2 is 1.58 bits per heavy atom. The number of hydrogen-bond acceptors (Lipinski definition) is 2. The van der Waals surface area contributed by atoms with Gasteiger partial charge in [-0.2, -0.15) is 8.78 Å². The van der Waals surface area contributed by atoms with E-state index >= 15 is 0 Å². The highest BCUT2D eigenvalue weighted by Crippen LogP contribution is 2.34. The number of benzene rings is 2. The van der Waals surface area contributed by atoms with E-state index < -0.39 is 11.7 Å². The first-order valence-corrected chi connectivity index (χ1v) is 11.3. The zero-order chi connectivity index (χ0) is 22.6. The van der Waals surface area contributed by atoms with Gasteiger partial charge in [-0.3, -0.25) is 0 Å². The second kappa shape index (κ2) is 9.81. The molecule has 1 N–H and O–H groups in total. The summed E-state index contributed by atoms with van der Waals surface area (Å²) in [5.41, 5.74) is 1.92. The Labute approximate surface area is 189 Å². The van der Waals surface area contributed by atoms with Gasteiger partial charge in [0.2, 0.25) is 0 Å². The first-order chi connectivity index (χ1) is 14.6. The molecule has 0 spiro atoms. The minimum atomic E-state index is -1.60. The SMILES string of the molecule is CC(C)(C)c1ccc(C(CCCN2CCC(O)(c3ccc(Cl)cc3)CC2)=C(F)F)cc1. The van der Waals surface area contributed by atoms with Crippen LogP contribution in [-0.2, 0) is 11.0 Å². The molecule has 31 heavy (non-hydrogen) atoms. The lowest BCUT2D eigenvalue weighted by Crippen LogP contribution is -2.42. The first-order valence-electron chi connectivity index (χ1n) is 10.9. The van der Waals surface area contributed by atoms with Gasteiger partial charge in [0.15, 0.2) is 0 Å². The molecule has 1 heterocycles. The van der Waals surface area contributed by atoms with E-state index in [1.807, 2.05) is 36.4 Å². The average Bonchev–Trinajstić information content (AvgIpc) is 2.72. The quantitative estimate of drug-likeness (QED) is 0.514. The van der Waals surface area contributed by atoms with Crippen LogP contribution in [0.5, 0.6) is 0 Å². The van der Waals surface area contributed by atoms with Crippen molar-refractivity contribution in [1.29, 1.82) is 0 Å². The molecule has 0 aliphatic carbocycles. The monoisotopic (exact) mass is 447 g/mol. The van der Waals surface area contributed by atoms with Crippen molar-refractivity contribution in [3.05, 3.63) is 76.3 Å². The van der Waals surface area contributed by atoms with E-state index in [9.17, 15) is 13.9 Å². The number of aliphatic hydroxyl groups is 1. The molecular formula is C26H32ClF2NO. The largest absolute Gasteiger partial charge is 0.385 e. The third kappa shape index (κ3) is 6.15. The molecule has 0 amide bonds. The molecule has 1 saturated heterocycles. The Morgan fingerprint density at radius 1 is 1.00 bits per heavy atom. The highest BCUT2D eigenvalue weighted by atomic mass is 35.5. The standard InChI is InChI=1S/C26H32ClF2NO/c1-25(2,3)20-8-6-19(7-9-20)23(24(28)29)5-4-16-30-17-14-26(31,15-18-30)21-10-12-22(27)13-11-21/h6-13,31H,4-5,14-18H2,1-3H3. The maximum Gasteiger partial charge on any atom is 0.274 e. The highest BCUT2D eigenvalue weighted by molar-refractivity contribution is 6.30. The van der Waals surface area contributed by atoms with Crippen LogP contribution in [0.1, 0.15) is 63.1 Å². The fourth-order valence-corrected chi connectivity index (χ4v) is 4.32. The van der Waals surface area contributed by atoms with Crippen molar-refractivity contribution < 1.29 is 13.9 Å². The molecule has 5 heteroatoms. The molecule has 2 aromatic rings. The van der Waals surface area contributed by atoms with Crippen molar-refractivity contribution >= 4 is 17.2 Å². The fourth-order valence-electron chi connectivity index (χ4n) is 4.19. The Balaban J connectivity index is 1.53. The van der Waals surface area contributed by atoms with Gasteiger partial charge in [0.1, 0.15) is 0 Å². The van der Waals surface area contributed by atoms with Gasteiger partial charge in [0.05, 0.1) is 5.60 Å². The lowest BCUT2D eigenvalue weighted by molar-refractivity contribution is -0.0259. The van der Waals surface area contributed by atoms with Crippen molar-refractivity contribution in [2.45, 2.75) is 57.5 Å². The zero-order valence-electron chi connectivity index (χ0n) is 18.6. The van der Waals surface area contributed by atoms with Crippen LogP contribution in [0, 0.1) is 0 Å². The van der Waals surface area contributed by atoms with Gasteiger partial charge in [0.25, 0.3) is 6.08 Å². The summed E-state index contributed by atoms with van der Waals surface area (Å²) in [4.78, 5) is 2.25. The van der Waals surface area contributed by atoms with Crippen LogP contribution in [0.25, 0.3) is 5.57 Å². The van der Waals surface area contributed by atoms with E-state index in [0.29, 0.717) is 36.3 Å². The predicted octanol–water partition coefficient (Wildman–Crippen LogP) is 7.01. The van der Waals surface area contributed by atoms with Gasteiger partial charge in [-0.15, -0.1) is 0 Å². The maximum absolute atomic E-state index is 13.6. The van der Waals surface area contributed by atoms with E-state index in [-0.39, 0.29) is 11.0 Å². The van der Waals surface area contributed by atoms with Crippen LogP contribution >= 0.6 is 11.6 Å². The van der Waals surface area contributed by atoms with Crippen LogP contribution in [0.3, 0.4) is 0 Å². The first kappa shape index (κ1) is 23.9. The lowest BCUT2D eigenvalue weighted by atomic mass is 9.84. The molecule has 0 atom stereocenters. The topological polar surface area (TPSA) is 23.5 Å². The van der Waals surface area contributed by atoms with E-state index in [1.165, 1.54) is 0 Å². The second-order valence-electron chi connectivity index (χ2n) is 9.55. The van der Waals surface area contributed by atoms with Gasteiger partial charge >= 0.3 is 0 Å². The molecule has 2 aromatic carbocycles. The predicted molar refractivity (Wildman–Crippen MR) is 125 cm³/mol. The van der Waals surface area contributed by atoms with Crippen LogP contribution in [0.2, 0.25) is 5.02 Å². The summed E-state index contributed by atoms with van der Waals surface area (Å²) >= 11 is 5.95. The van der Waals surface area contributed by atoms with Crippen LogP contribution in [-0.4, -0.2) is 29.6 Å². The van der Waals surface area contributed by atoms with Gasteiger partial charge < -0.3 is 10.0 Å².